The van der Waals surface area contributed by atoms with Gasteiger partial charge in [0.25, 0.3) is 0 Å². The molecule has 3 aromatic rings. The third-order valence-electron chi connectivity index (χ3n) is 5.38. The van der Waals surface area contributed by atoms with E-state index in [1.54, 1.807) is 34.1 Å². The number of hydrogen-bond acceptors (Lipinski definition) is 7. The van der Waals surface area contributed by atoms with Gasteiger partial charge in [-0.15, -0.1) is 0 Å². The number of anilines is 1. The maximum absolute atomic E-state index is 12.6. The van der Waals surface area contributed by atoms with Crippen LogP contribution in [0.15, 0.2) is 78.4 Å². The predicted octanol–water partition coefficient (Wildman–Crippen LogP) is 3.07. The van der Waals surface area contributed by atoms with Gasteiger partial charge in [0.2, 0.25) is 0 Å². The zero-order valence-electron chi connectivity index (χ0n) is 18.7. The number of benzene rings is 1. The van der Waals surface area contributed by atoms with Crippen LogP contribution in [0.1, 0.15) is 5.69 Å². The van der Waals surface area contributed by atoms with E-state index in [2.05, 4.69) is 10.2 Å². The van der Waals surface area contributed by atoms with Crippen LogP contribution in [0, 0.1) is 6.92 Å². The molecule has 1 aliphatic heterocycles. The van der Waals surface area contributed by atoms with Crippen molar-refractivity contribution < 1.29 is 19.1 Å². The summed E-state index contributed by atoms with van der Waals surface area (Å²) >= 11 is 0. The number of methoxy groups -OCH3 is 2. The Kier molecular flexibility index (Phi) is 5.95. The van der Waals surface area contributed by atoms with Crippen LogP contribution in [0.3, 0.4) is 0 Å². The van der Waals surface area contributed by atoms with Crippen molar-refractivity contribution in [3.8, 4) is 16.9 Å². The van der Waals surface area contributed by atoms with Gasteiger partial charge in [0.05, 0.1) is 37.4 Å². The van der Waals surface area contributed by atoms with Gasteiger partial charge in [0.15, 0.2) is 0 Å². The summed E-state index contributed by atoms with van der Waals surface area (Å²) in [7, 11) is 4.42. The largest absolute Gasteiger partial charge is 0.465 e. The fraction of sp³-hybridized carbons (Fsp3) is 0.167. The molecule has 0 unspecified atom stereocenters. The van der Waals surface area contributed by atoms with Crippen molar-refractivity contribution >= 4 is 17.6 Å². The van der Waals surface area contributed by atoms with E-state index in [4.69, 9.17) is 9.47 Å². The van der Waals surface area contributed by atoms with Crippen molar-refractivity contribution in [2.24, 2.45) is 7.05 Å². The molecule has 0 atom stereocenters. The standard InChI is InChI=1S/C24H23N5O4/c1-16-20(15-25-27(16)2)21-12-14-29(26-21)18-10-8-17(9-11-18)28-13-6-5-7-19(23(30)32-3)22(28)24(31)33-4/h5-15H,1-4H3. The van der Waals surface area contributed by atoms with Gasteiger partial charge >= 0.3 is 11.9 Å². The molecule has 9 nitrogen and oxygen atoms in total. The lowest BCUT2D eigenvalue weighted by Crippen LogP contribution is -2.26. The Morgan fingerprint density at radius 1 is 0.939 bits per heavy atom. The second kappa shape index (κ2) is 8.99. The van der Waals surface area contributed by atoms with Crippen molar-refractivity contribution in [1.82, 2.24) is 19.6 Å². The number of carbonyl (C=O) groups excluding carboxylic acids is 2. The molecule has 9 heteroatoms. The maximum Gasteiger partial charge on any atom is 0.355 e. The molecule has 0 saturated heterocycles. The Morgan fingerprint density at radius 3 is 2.27 bits per heavy atom. The van der Waals surface area contributed by atoms with Crippen molar-refractivity contribution in [1.29, 1.82) is 0 Å². The second-order valence-corrected chi connectivity index (χ2v) is 7.25. The molecule has 2 aromatic heterocycles. The van der Waals surface area contributed by atoms with E-state index in [1.807, 2.05) is 55.2 Å². The van der Waals surface area contributed by atoms with Crippen LogP contribution in [-0.2, 0) is 26.1 Å². The number of nitrogens with zero attached hydrogens (tertiary/aromatic N) is 5. The minimum Gasteiger partial charge on any atom is -0.465 e. The zero-order valence-corrected chi connectivity index (χ0v) is 18.7. The second-order valence-electron chi connectivity index (χ2n) is 7.25. The van der Waals surface area contributed by atoms with Gasteiger partial charge in [0, 0.05) is 36.4 Å². The lowest BCUT2D eigenvalue weighted by molar-refractivity contribution is -0.139. The fourth-order valence-electron chi connectivity index (χ4n) is 3.49. The summed E-state index contributed by atoms with van der Waals surface area (Å²) in [6, 6.07) is 9.35. The Balaban J connectivity index is 1.68. The van der Waals surface area contributed by atoms with E-state index in [-0.39, 0.29) is 11.3 Å². The summed E-state index contributed by atoms with van der Waals surface area (Å²) in [4.78, 5) is 26.5. The summed E-state index contributed by atoms with van der Waals surface area (Å²) in [5.74, 6) is -1.29. The number of ether oxygens (including phenoxy) is 2. The van der Waals surface area contributed by atoms with Crippen LogP contribution >= 0.6 is 0 Å². The highest BCUT2D eigenvalue weighted by Gasteiger charge is 2.27. The molecule has 0 radical (unpaired) electrons. The highest BCUT2D eigenvalue weighted by molar-refractivity contribution is 6.05. The smallest absolute Gasteiger partial charge is 0.355 e. The predicted molar refractivity (Wildman–Crippen MR) is 122 cm³/mol. The maximum atomic E-state index is 12.6. The Bertz CT molecular complexity index is 1290. The third-order valence-corrected chi connectivity index (χ3v) is 5.38. The van der Waals surface area contributed by atoms with Crippen molar-refractivity contribution in [2.75, 3.05) is 19.1 Å². The summed E-state index contributed by atoms with van der Waals surface area (Å²) < 4.78 is 13.4. The molecule has 0 aliphatic carbocycles. The number of aromatic nitrogens is 4. The van der Waals surface area contributed by atoms with E-state index in [1.165, 1.54) is 20.3 Å². The molecule has 3 heterocycles. The van der Waals surface area contributed by atoms with Gasteiger partial charge in [-0.3, -0.25) is 4.68 Å². The van der Waals surface area contributed by atoms with Crippen LogP contribution in [-0.4, -0.2) is 45.7 Å². The van der Waals surface area contributed by atoms with Crippen LogP contribution < -0.4 is 4.90 Å². The molecular formula is C24H23N5O4. The Labute approximate surface area is 190 Å². The Morgan fingerprint density at radius 2 is 1.64 bits per heavy atom. The molecule has 0 N–H and O–H groups in total. The summed E-state index contributed by atoms with van der Waals surface area (Å²) in [5.41, 5.74) is 4.48. The van der Waals surface area contributed by atoms with Crippen molar-refractivity contribution in [2.45, 2.75) is 6.92 Å². The van der Waals surface area contributed by atoms with E-state index < -0.39 is 11.9 Å². The number of aryl methyl sites for hydroxylation is 1. The highest BCUT2D eigenvalue weighted by atomic mass is 16.5. The molecule has 1 aromatic carbocycles. The summed E-state index contributed by atoms with van der Waals surface area (Å²) in [6.07, 6.45) is 10.3. The van der Waals surface area contributed by atoms with Gasteiger partial charge in [-0.25, -0.2) is 14.3 Å². The number of carbonyl (C=O) groups is 2. The monoisotopic (exact) mass is 445 g/mol. The molecule has 0 bridgehead atoms. The first-order chi connectivity index (χ1) is 15.9. The molecule has 168 valence electrons. The minimum atomic E-state index is -0.653. The van der Waals surface area contributed by atoms with E-state index >= 15 is 0 Å². The topological polar surface area (TPSA) is 91.5 Å². The molecular weight excluding hydrogens is 422 g/mol. The number of esters is 2. The van der Waals surface area contributed by atoms with Crippen molar-refractivity contribution in [3.63, 3.8) is 0 Å². The van der Waals surface area contributed by atoms with Crippen LogP contribution in [0.4, 0.5) is 5.69 Å². The lowest BCUT2D eigenvalue weighted by atomic mass is 10.1. The van der Waals surface area contributed by atoms with Gasteiger partial charge in [-0.05, 0) is 49.4 Å². The SMILES string of the molecule is COC(=O)C1=C(C(=O)OC)N(c2ccc(-n3ccc(-c4cnn(C)c4C)n3)cc2)C=CC=C1. The molecule has 0 spiro atoms. The number of allylic oxidation sites excluding steroid dienone is 2. The summed E-state index contributed by atoms with van der Waals surface area (Å²) in [6.45, 7) is 1.99. The van der Waals surface area contributed by atoms with Crippen molar-refractivity contribution in [3.05, 3.63) is 84.1 Å². The average Bonchev–Trinajstić information content (AvgIpc) is 3.38. The average molecular weight is 445 g/mol. The first kappa shape index (κ1) is 21.8. The minimum absolute atomic E-state index is 0.0653. The van der Waals surface area contributed by atoms with Gasteiger partial charge in [-0.1, -0.05) is 6.08 Å². The van der Waals surface area contributed by atoms with Gasteiger partial charge in [-0.2, -0.15) is 10.2 Å². The van der Waals surface area contributed by atoms with E-state index in [0.29, 0.717) is 5.69 Å². The molecule has 0 saturated carbocycles. The normalized spacial score (nSPS) is 13.3. The zero-order chi connectivity index (χ0) is 23.5. The van der Waals surface area contributed by atoms with E-state index in [9.17, 15) is 9.59 Å². The molecule has 1 aliphatic rings. The number of rotatable bonds is 5. The molecule has 4 rings (SSSR count). The third kappa shape index (κ3) is 4.08. The first-order valence-electron chi connectivity index (χ1n) is 10.1. The first-order valence-corrected chi connectivity index (χ1v) is 10.1. The number of hydrogen-bond donors (Lipinski definition) is 0. The molecule has 0 amide bonds. The van der Waals surface area contributed by atoms with Gasteiger partial charge in [0.1, 0.15) is 5.70 Å². The van der Waals surface area contributed by atoms with Gasteiger partial charge < -0.3 is 14.4 Å². The lowest BCUT2D eigenvalue weighted by Gasteiger charge is -2.23. The summed E-state index contributed by atoms with van der Waals surface area (Å²) in [5, 5.41) is 8.94. The van der Waals surface area contributed by atoms with Crippen LogP contribution in [0.25, 0.3) is 16.9 Å². The quantitative estimate of drug-likeness (QED) is 0.558. The molecule has 0 fully saturated rings. The fourth-order valence-corrected chi connectivity index (χ4v) is 3.49. The Hall–Kier alpha value is -4.40. The molecule has 33 heavy (non-hydrogen) atoms. The van der Waals surface area contributed by atoms with E-state index in [0.717, 1.165) is 22.6 Å². The van der Waals surface area contributed by atoms with Crippen LogP contribution in [0.2, 0.25) is 0 Å². The van der Waals surface area contributed by atoms with Crippen LogP contribution in [0.5, 0.6) is 0 Å². The highest BCUT2D eigenvalue weighted by Crippen LogP contribution is 2.28.